The normalized spacial score (nSPS) is 10.4. The van der Waals surface area contributed by atoms with E-state index in [2.05, 4.69) is 21.8 Å². The molecule has 1 heterocycles. The van der Waals surface area contributed by atoms with Crippen molar-refractivity contribution in [2.45, 2.75) is 0 Å². The van der Waals surface area contributed by atoms with E-state index in [-0.39, 0.29) is 5.82 Å². The summed E-state index contributed by atoms with van der Waals surface area (Å²) in [5.41, 5.74) is 3.06. The van der Waals surface area contributed by atoms with Crippen molar-refractivity contribution in [2.75, 3.05) is 28.4 Å². The van der Waals surface area contributed by atoms with Gasteiger partial charge in [-0.1, -0.05) is 24.0 Å². The Morgan fingerprint density at radius 3 is 2.19 bits per heavy atom. The number of rotatable bonds is 5. The van der Waals surface area contributed by atoms with Gasteiger partial charge in [0.05, 0.1) is 56.2 Å². The number of methoxy groups -OCH3 is 4. The quantitative estimate of drug-likeness (QED) is 0.459. The first-order valence-corrected chi connectivity index (χ1v) is 9.73. The van der Waals surface area contributed by atoms with Gasteiger partial charge in [0, 0.05) is 6.07 Å². The Balaban J connectivity index is 1.82. The van der Waals surface area contributed by atoms with Crippen molar-refractivity contribution in [1.82, 2.24) is 9.97 Å². The second-order valence-electron chi connectivity index (χ2n) is 6.77. The van der Waals surface area contributed by atoms with Gasteiger partial charge in [0.1, 0.15) is 17.4 Å². The Kier molecular flexibility index (Phi) is 5.86. The van der Waals surface area contributed by atoms with Gasteiger partial charge in [0.15, 0.2) is 11.5 Å². The minimum absolute atomic E-state index is 0.315. The number of nitrogens with one attached hydrogen (secondary N) is 1. The molecule has 6 nitrogen and oxygen atoms in total. The van der Waals surface area contributed by atoms with Crippen LogP contribution in [0.3, 0.4) is 0 Å². The number of hydrogen-bond donors (Lipinski definition) is 1. The number of halogens is 1. The van der Waals surface area contributed by atoms with Crippen molar-refractivity contribution < 1.29 is 23.3 Å². The third-order valence-corrected chi connectivity index (χ3v) is 4.97. The first-order chi connectivity index (χ1) is 15.6. The van der Waals surface area contributed by atoms with Crippen LogP contribution in [0.2, 0.25) is 0 Å². The number of hydrogen-bond acceptors (Lipinski definition) is 5. The minimum Gasteiger partial charge on any atom is -0.495 e. The predicted molar refractivity (Wildman–Crippen MR) is 120 cm³/mol. The number of fused-ring (bicyclic) bond motifs is 1. The molecule has 0 radical (unpaired) electrons. The zero-order valence-electron chi connectivity index (χ0n) is 18.1. The van der Waals surface area contributed by atoms with Gasteiger partial charge in [-0.05, 0) is 30.3 Å². The Bertz CT molecular complexity index is 1350. The average molecular weight is 432 g/mol. The van der Waals surface area contributed by atoms with E-state index < -0.39 is 0 Å². The summed E-state index contributed by atoms with van der Waals surface area (Å²) in [6.45, 7) is 0. The highest BCUT2D eigenvalue weighted by molar-refractivity contribution is 5.85. The maximum atomic E-state index is 13.9. The van der Waals surface area contributed by atoms with Crippen molar-refractivity contribution >= 4 is 11.0 Å². The van der Waals surface area contributed by atoms with E-state index in [1.54, 1.807) is 58.8 Å². The van der Waals surface area contributed by atoms with Crippen LogP contribution in [0.1, 0.15) is 11.1 Å². The second-order valence-corrected chi connectivity index (χ2v) is 6.77. The number of H-pyrrole nitrogens is 1. The maximum absolute atomic E-state index is 13.9. The average Bonchev–Trinajstić information content (AvgIpc) is 3.24. The van der Waals surface area contributed by atoms with Crippen molar-refractivity contribution in [1.29, 1.82) is 0 Å². The Morgan fingerprint density at radius 1 is 0.781 bits per heavy atom. The van der Waals surface area contributed by atoms with Gasteiger partial charge in [-0.3, -0.25) is 0 Å². The number of benzene rings is 3. The van der Waals surface area contributed by atoms with E-state index in [0.29, 0.717) is 51.0 Å². The minimum atomic E-state index is -0.371. The summed E-state index contributed by atoms with van der Waals surface area (Å²) in [5.74, 6) is 8.13. The summed E-state index contributed by atoms with van der Waals surface area (Å²) in [7, 11) is 6.23. The molecule has 0 spiro atoms. The predicted octanol–water partition coefficient (Wildman–Crippen LogP) is 4.80. The van der Waals surface area contributed by atoms with Gasteiger partial charge < -0.3 is 23.9 Å². The fourth-order valence-electron chi connectivity index (χ4n) is 3.42. The standard InChI is InChI=1S/C25H21FN2O4/c1-29-21-12-11-17(23(31-3)24(21)32-4)25-27-19-13-16(22(30-2)14-20(19)28-25)10-9-15-7-5-6-8-18(15)26/h5-8,11-14H,1-4H3,(H,27,28). The van der Waals surface area contributed by atoms with Crippen molar-refractivity contribution in [3.63, 3.8) is 0 Å². The third kappa shape index (κ3) is 3.79. The molecule has 0 aliphatic rings. The van der Waals surface area contributed by atoms with Crippen LogP contribution < -0.4 is 18.9 Å². The third-order valence-electron chi connectivity index (χ3n) is 4.97. The first kappa shape index (κ1) is 21.1. The lowest BCUT2D eigenvalue weighted by atomic mass is 10.1. The van der Waals surface area contributed by atoms with E-state index in [9.17, 15) is 4.39 Å². The first-order valence-electron chi connectivity index (χ1n) is 9.73. The van der Waals surface area contributed by atoms with Gasteiger partial charge in [-0.15, -0.1) is 0 Å². The highest BCUT2D eigenvalue weighted by atomic mass is 19.1. The highest BCUT2D eigenvalue weighted by Gasteiger charge is 2.20. The monoisotopic (exact) mass is 432 g/mol. The van der Waals surface area contributed by atoms with E-state index in [1.807, 2.05) is 12.1 Å². The molecular weight excluding hydrogens is 411 g/mol. The van der Waals surface area contributed by atoms with Crippen LogP contribution >= 0.6 is 0 Å². The summed E-state index contributed by atoms with van der Waals surface area (Å²) in [6, 6.07) is 13.6. The molecule has 0 saturated heterocycles. The van der Waals surface area contributed by atoms with E-state index in [0.717, 1.165) is 5.52 Å². The zero-order chi connectivity index (χ0) is 22.7. The van der Waals surface area contributed by atoms with Crippen LogP contribution in [0.25, 0.3) is 22.4 Å². The Hall–Kier alpha value is -4.18. The number of aromatic amines is 1. The van der Waals surface area contributed by atoms with Gasteiger partial charge in [-0.25, -0.2) is 9.37 Å². The molecule has 4 aromatic rings. The van der Waals surface area contributed by atoms with Crippen LogP contribution in [0.5, 0.6) is 23.0 Å². The lowest BCUT2D eigenvalue weighted by Crippen LogP contribution is -1.97. The largest absolute Gasteiger partial charge is 0.495 e. The van der Waals surface area contributed by atoms with Crippen LogP contribution in [-0.2, 0) is 0 Å². The number of nitrogens with zero attached hydrogens (tertiary/aromatic N) is 1. The molecule has 4 rings (SSSR count). The Morgan fingerprint density at radius 2 is 1.50 bits per heavy atom. The second kappa shape index (κ2) is 8.90. The molecule has 0 saturated carbocycles. The SMILES string of the molecule is COc1cc2nc(-c3ccc(OC)c(OC)c3OC)[nH]c2cc1C#Cc1ccccc1F. The lowest BCUT2D eigenvalue weighted by Gasteiger charge is -2.14. The zero-order valence-corrected chi connectivity index (χ0v) is 18.1. The molecule has 0 aliphatic carbocycles. The van der Waals surface area contributed by atoms with Gasteiger partial charge in [0.25, 0.3) is 0 Å². The van der Waals surface area contributed by atoms with E-state index in [1.165, 1.54) is 6.07 Å². The van der Waals surface area contributed by atoms with Gasteiger partial charge in [-0.2, -0.15) is 0 Å². The van der Waals surface area contributed by atoms with E-state index >= 15 is 0 Å². The maximum Gasteiger partial charge on any atom is 0.204 e. The number of aromatic nitrogens is 2. The van der Waals surface area contributed by atoms with E-state index in [4.69, 9.17) is 18.9 Å². The molecule has 1 N–H and O–H groups in total. The molecular formula is C25H21FN2O4. The van der Waals surface area contributed by atoms with Gasteiger partial charge in [0.2, 0.25) is 5.75 Å². The van der Waals surface area contributed by atoms with Crippen LogP contribution in [0.15, 0.2) is 48.5 Å². The topological polar surface area (TPSA) is 65.6 Å². The summed E-state index contributed by atoms with van der Waals surface area (Å²) in [4.78, 5) is 7.98. The van der Waals surface area contributed by atoms with Crippen LogP contribution in [-0.4, -0.2) is 38.4 Å². The van der Waals surface area contributed by atoms with Crippen molar-refractivity contribution in [2.24, 2.45) is 0 Å². The highest BCUT2D eigenvalue weighted by Crippen LogP contribution is 2.44. The molecule has 0 fully saturated rings. The molecule has 0 bridgehead atoms. The van der Waals surface area contributed by atoms with Gasteiger partial charge >= 0.3 is 0 Å². The Labute approximate surface area is 184 Å². The molecule has 3 aromatic carbocycles. The fraction of sp³-hybridized carbons (Fsp3) is 0.160. The molecule has 7 heteroatoms. The summed E-state index contributed by atoms with van der Waals surface area (Å²) < 4.78 is 35.8. The molecule has 0 aliphatic heterocycles. The number of ether oxygens (including phenoxy) is 4. The summed E-state index contributed by atoms with van der Waals surface area (Å²) in [6.07, 6.45) is 0. The van der Waals surface area contributed by atoms with Crippen LogP contribution in [0.4, 0.5) is 4.39 Å². The smallest absolute Gasteiger partial charge is 0.204 e. The molecule has 0 atom stereocenters. The fourth-order valence-corrected chi connectivity index (χ4v) is 3.42. The van der Waals surface area contributed by atoms with Crippen molar-refractivity contribution in [3.05, 3.63) is 65.5 Å². The molecule has 162 valence electrons. The molecule has 32 heavy (non-hydrogen) atoms. The molecule has 0 unspecified atom stereocenters. The van der Waals surface area contributed by atoms with Crippen LogP contribution in [0, 0.1) is 17.7 Å². The van der Waals surface area contributed by atoms with Crippen molar-refractivity contribution in [3.8, 4) is 46.2 Å². The summed E-state index contributed by atoms with van der Waals surface area (Å²) >= 11 is 0. The summed E-state index contributed by atoms with van der Waals surface area (Å²) in [5, 5.41) is 0. The lowest BCUT2D eigenvalue weighted by molar-refractivity contribution is 0.325. The number of imidazole rings is 1. The molecule has 1 aromatic heterocycles. The molecule has 0 amide bonds.